The summed E-state index contributed by atoms with van der Waals surface area (Å²) in [5, 5.41) is 6.61. The number of fused-ring (bicyclic) bond motifs is 9. The quantitative estimate of drug-likeness (QED) is 0.0303. The van der Waals surface area contributed by atoms with Gasteiger partial charge in [0.1, 0.15) is 0 Å². The summed E-state index contributed by atoms with van der Waals surface area (Å²) >= 11 is 0. The van der Waals surface area contributed by atoms with Gasteiger partial charge in [-0.25, -0.2) is 0 Å². The summed E-state index contributed by atoms with van der Waals surface area (Å²) in [5.74, 6) is 5.26. The molecule has 1 aliphatic carbocycles. The van der Waals surface area contributed by atoms with E-state index in [4.69, 9.17) is 28.4 Å². The lowest BCUT2D eigenvalue weighted by molar-refractivity contribution is 0.259. The van der Waals surface area contributed by atoms with Crippen LogP contribution in [0.15, 0.2) is 84.9 Å². The Labute approximate surface area is 409 Å². The van der Waals surface area contributed by atoms with Crippen molar-refractivity contribution < 1.29 is 28.4 Å². The van der Waals surface area contributed by atoms with Crippen molar-refractivity contribution in [1.82, 2.24) is 0 Å². The zero-order chi connectivity index (χ0) is 47.3. The molecule has 6 nitrogen and oxygen atoms in total. The third kappa shape index (κ3) is 13.2. The van der Waals surface area contributed by atoms with E-state index in [1.165, 1.54) is 41.5 Å². The Morgan fingerprint density at radius 2 is 0.544 bits per heavy atom. The van der Waals surface area contributed by atoms with Gasteiger partial charge in [-0.1, -0.05) is 167 Å². The molecular weight excluding hydrogens is 841 g/mol. The summed E-state index contributed by atoms with van der Waals surface area (Å²) in [4.78, 5) is 0. The molecule has 0 saturated heterocycles. The average molecular weight is 923 g/mol. The predicted molar refractivity (Wildman–Crippen MR) is 286 cm³/mol. The third-order valence-corrected chi connectivity index (χ3v) is 13.8. The van der Waals surface area contributed by atoms with Gasteiger partial charge in [0, 0.05) is 5.92 Å². The summed E-state index contributed by atoms with van der Waals surface area (Å²) in [7, 11) is 0. The molecule has 0 unspecified atom stereocenters. The van der Waals surface area contributed by atoms with E-state index < -0.39 is 0 Å². The first-order valence-corrected chi connectivity index (χ1v) is 27.1. The number of hydrogen-bond donors (Lipinski definition) is 0. The minimum Gasteiger partial charge on any atom is -0.490 e. The smallest absolute Gasteiger partial charge is 0.161 e. The highest BCUT2D eigenvalue weighted by Gasteiger charge is 2.27. The van der Waals surface area contributed by atoms with Crippen LogP contribution < -0.4 is 28.4 Å². The second-order valence-electron chi connectivity index (χ2n) is 19.1. The maximum absolute atomic E-state index is 6.82. The van der Waals surface area contributed by atoms with Crippen molar-refractivity contribution in [1.29, 1.82) is 0 Å². The van der Waals surface area contributed by atoms with Gasteiger partial charge in [0.05, 0.1) is 39.6 Å². The fourth-order valence-corrected chi connectivity index (χ4v) is 9.92. The van der Waals surface area contributed by atoms with Gasteiger partial charge in [0.2, 0.25) is 0 Å². The van der Waals surface area contributed by atoms with E-state index in [1.54, 1.807) is 0 Å². The summed E-state index contributed by atoms with van der Waals surface area (Å²) in [6.45, 7) is 15.0. The van der Waals surface area contributed by atoms with Crippen LogP contribution in [0.3, 0.4) is 0 Å². The van der Waals surface area contributed by atoms with Crippen LogP contribution in [0.1, 0.15) is 180 Å². The van der Waals surface area contributed by atoms with Gasteiger partial charge in [-0.05, 0) is 136 Å². The van der Waals surface area contributed by atoms with Crippen LogP contribution in [-0.4, -0.2) is 39.6 Å². The molecule has 0 saturated carbocycles. The number of unbranched alkanes of at least 4 members (excludes halogenated alkanes) is 13. The van der Waals surface area contributed by atoms with Crippen molar-refractivity contribution in [3.05, 3.63) is 96.1 Å². The second-order valence-corrected chi connectivity index (χ2v) is 19.1. The zero-order valence-electron chi connectivity index (χ0n) is 42.5. The van der Waals surface area contributed by atoms with E-state index in [0.29, 0.717) is 45.6 Å². The van der Waals surface area contributed by atoms with Crippen LogP contribution >= 0.6 is 0 Å². The molecule has 0 atom stereocenters. The largest absolute Gasteiger partial charge is 0.490 e. The molecule has 366 valence electrons. The molecule has 0 aliphatic heterocycles. The Morgan fingerprint density at radius 3 is 0.824 bits per heavy atom. The van der Waals surface area contributed by atoms with Gasteiger partial charge in [0.25, 0.3) is 0 Å². The van der Waals surface area contributed by atoms with Crippen molar-refractivity contribution in [2.75, 3.05) is 39.6 Å². The molecule has 0 radical (unpaired) electrons. The van der Waals surface area contributed by atoms with Gasteiger partial charge in [-0.2, -0.15) is 0 Å². The monoisotopic (exact) mass is 923 g/mol. The van der Waals surface area contributed by atoms with Gasteiger partial charge < -0.3 is 28.4 Å². The maximum atomic E-state index is 6.82. The Morgan fingerprint density at radius 1 is 0.294 bits per heavy atom. The third-order valence-electron chi connectivity index (χ3n) is 13.8. The Bertz CT molecular complexity index is 2380. The number of hydrogen-bond acceptors (Lipinski definition) is 6. The first-order chi connectivity index (χ1) is 33.6. The minimum absolute atomic E-state index is 0.481. The lowest BCUT2D eigenvalue weighted by Crippen LogP contribution is -2.05. The first-order valence-electron chi connectivity index (χ1n) is 27.1. The molecule has 0 amide bonds. The van der Waals surface area contributed by atoms with E-state index in [2.05, 4.69) is 120 Å². The molecule has 6 heteroatoms. The van der Waals surface area contributed by atoms with E-state index in [1.807, 2.05) is 0 Å². The van der Waals surface area contributed by atoms with Crippen LogP contribution in [0.4, 0.5) is 0 Å². The minimum atomic E-state index is 0.481. The highest BCUT2D eigenvalue weighted by molar-refractivity contribution is 6.26. The summed E-state index contributed by atoms with van der Waals surface area (Å²) in [6.07, 6.45) is 22.0. The van der Waals surface area contributed by atoms with Gasteiger partial charge in [-0.15, -0.1) is 0 Å². The predicted octanol–water partition coefficient (Wildman–Crippen LogP) is 18.1. The zero-order valence-corrected chi connectivity index (χ0v) is 42.5. The van der Waals surface area contributed by atoms with E-state index >= 15 is 0 Å². The average Bonchev–Trinajstić information content (AvgIpc) is 3.68. The van der Waals surface area contributed by atoms with Gasteiger partial charge in [0.15, 0.2) is 34.5 Å². The Hall–Kier alpha value is -5.10. The van der Waals surface area contributed by atoms with Gasteiger partial charge in [-0.3, -0.25) is 0 Å². The van der Waals surface area contributed by atoms with Crippen LogP contribution in [-0.2, 0) is 0 Å². The summed E-state index contributed by atoms with van der Waals surface area (Å²) in [6, 6.07) is 31.3. The molecule has 6 aromatic rings. The van der Waals surface area contributed by atoms with E-state index in [0.717, 1.165) is 176 Å². The maximum Gasteiger partial charge on any atom is 0.161 e. The van der Waals surface area contributed by atoms with Crippen LogP contribution in [0.25, 0.3) is 43.4 Å². The molecule has 6 aromatic carbocycles. The van der Waals surface area contributed by atoms with E-state index in [-0.39, 0.29) is 0 Å². The molecule has 0 aromatic heterocycles. The van der Waals surface area contributed by atoms with Crippen molar-refractivity contribution in [2.45, 2.75) is 169 Å². The molecule has 1 aliphatic rings. The summed E-state index contributed by atoms with van der Waals surface area (Å²) < 4.78 is 40.0. The molecule has 0 N–H and O–H groups in total. The van der Waals surface area contributed by atoms with E-state index in [9.17, 15) is 0 Å². The molecule has 7 rings (SSSR count). The molecule has 0 fully saturated rings. The topological polar surface area (TPSA) is 55.4 Å². The van der Waals surface area contributed by atoms with Gasteiger partial charge >= 0.3 is 0 Å². The fraction of sp³-hybridized carbons (Fsp3) is 0.516. The standard InChI is InChI=1S/C62H82O6/c1-6-11-23-34-63-57-40-51-52-41-58(64-35-24-12-7-2)60(66-37-26-14-9-4)43-54(52)56-45-62(61(67-38-27-15-10-5)44-55(56)53(51)42-59(57)65-36-25-13-8-3)68-39-28-17-16-18-29-46-47-30-19-21-32-49(47)50-33-22-20-31-48(46)50/h19-22,30-33,40-46H,6-18,23-29,34-39H2,1-5H3. The molecule has 0 bridgehead atoms. The van der Waals surface area contributed by atoms with Crippen molar-refractivity contribution in [3.8, 4) is 45.6 Å². The van der Waals surface area contributed by atoms with Crippen molar-refractivity contribution >= 4 is 32.3 Å². The SMILES string of the molecule is CCCCCOc1cc2c3cc(OCCCCC)c(OCCCCC)cc3c3cc(OCCCCCCC4c5ccccc5-c5ccccc54)c(OCCCCC)cc3c2cc1OCCCCC. The molecule has 0 spiro atoms. The number of rotatable bonds is 33. The summed E-state index contributed by atoms with van der Waals surface area (Å²) in [5.41, 5.74) is 5.78. The molecule has 0 heterocycles. The molecular formula is C62H82O6. The molecule has 68 heavy (non-hydrogen) atoms. The van der Waals surface area contributed by atoms with Crippen LogP contribution in [0.2, 0.25) is 0 Å². The Kier molecular flexibility index (Phi) is 20.3. The highest BCUT2D eigenvalue weighted by Crippen LogP contribution is 2.49. The fourth-order valence-electron chi connectivity index (χ4n) is 9.92. The lowest BCUT2D eigenvalue weighted by Gasteiger charge is -2.21. The normalized spacial score (nSPS) is 12.2. The first kappa shape index (κ1) is 50.8. The van der Waals surface area contributed by atoms with Crippen LogP contribution in [0, 0.1) is 0 Å². The Balaban J connectivity index is 1.23. The van der Waals surface area contributed by atoms with Crippen molar-refractivity contribution in [3.63, 3.8) is 0 Å². The number of ether oxygens (including phenoxy) is 6. The number of benzene rings is 6. The highest BCUT2D eigenvalue weighted by atomic mass is 16.5. The second kappa shape index (κ2) is 27.2. The van der Waals surface area contributed by atoms with Crippen molar-refractivity contribution in [2.24, 2.45) is 0 Å². The van der Waals surface area contributed by atoms with Crippen LogP contribution in [0.5, 0.6) is 34.5 Å². The lowest BCUT2D eigenvalue weighted by atomic mass is 9.91.